The van der Waals surface area contributed by atoms with Gasteiger partial charge < -0.3 is 20.1 Å². The van der Waals surface area contributed by atoms with Gasteiger partial charge in [-0.1, -0.05) is 19.3 Å². The predicted molar refractivity (Wildman–Crippen MR) is 136 cm³/mol. The number of hydrogen-bond donors (Lipinski definition) is 2. The van der Waals surface area contributed by atoms with Crippen molar-refractivity contribution in [3.63, 3.8) is 0 Å². The zero-order valence-electron chi connectivity index (χ0n) is 21.0. The molecule has 1 aliphatic heterocycles. The van der Waals surface area contributed by atoms with E-state index in [0.29, 0.717) is 43.9 Å². The van der Waals surface area contributed by atoms with E-state index in [4.69, 9.17) is 4.74 Å². The lowest BCUT2D eigenvalue weighted by Gasteiger charge is -2.34. The Morgan fingerprint density at radius 1 is 1.21 bits per heavy atom. The summed E-state index contributed by atoms with van der Waals surface area (Å²) in [7, 11) is 0. The average molecular weight is 562 g/mol. The molecule has 9 nitrogen and oxygen atoms in total. The van der Waals surface area contributed by atoms with Crippen LogP contribution in [0.15, 0.2) is 29.8 Å². The molecule has 0 spiro atoms. The number of carboxylic acids is 1. The van der Waals surface area contributed by atoms with E-state index in [1.165, 1.54) is 11.3 Å². The summed E-state index contributed by atoms with van der Waals surface area (Å²) in [4.78, 5) is 38.6. The lowest BCUT2D eigenvalue weighted by Crippen LogP contribution is -2.55. The highest BCUT2D eigenvalue weighted by Crippen LogP contribution is 2.38. The molecule has 0 radical (unpaired) electrons. The zero-order valence-corrected chi connectivity index (χ0v) is 21.9. The summed E-state index contributed by atoms with van der Waals surface area (Å²) in [6.45, 7) is 2.55. The number of aryl methyl sites for hydroxylation is 1. The van der Waals surface area contributed by atoms with Crippen LogP contribution in [0.2, 0.25) is 0 Å². The Hall–Kier alpha value is -3.74. The third-order valence-corrected chi connectivity index (χ3v) is 7.82. The first-order valence-corrected chi connectivity index (χ1v) is 13.4. The number of benzene rings is 1. The van der Waals surface area contributed by atoms with Gasteiger partial charge in [0, 0.05) is 23.8 Å². The minimum atomic E-state index is -4.96. The molecule has 0 saturated heterocycles. The number of thiazole rings is 1. The van der Waals surface area contributed by atoms with Crippen molar-refractivity contribution >= 4 is 34.8 Å². The summed E-state index contributed by atoms with van der Waals surface area (Å²) in [5.41, 5.74) is -1.50. The number of carboxylic acid groups (broad SMARTS) is 1. The minimum absolute atomic E-state index is 0.147. The lowest BCUT2D eigenvalue weighted by molar-refractivity contribution is -0.145. The molecule has 2 aliphatic rings. The van der Waals surface area contributed by atoms with Crippen LogP contribution < -0.4 is 15.0 Å². The number of nitrogens with one attached hydrogen (secondary N) is 1. The smallest absolute Gasteiger partial charge is 0.434 e. The molecule has 39 heavy (non-hydrogen) atoms. The maximum atomic E-state index is 14.1. The summed E-state index contributed by atoms with van der Waals surface area (Å²) in [5.74, 6) is -2.01. The van der Waals surface area contributed by atoms with Crippen molar-refractivity contribution in [2.75, 3.05) is 11.4 Å². The van der Waals surface area contributed by atoms with E-state index in [1.54, 1.807) is 17.0 Å². The van der Waals surface area contributed by atoms with Gasteiger partial charge in [-0.3, -0.25) is 4.79 Å². The van der Waals surface area contributed by atoms with Crippen LogP contribution in [0.1, 0.15) is 64.4 Å². The maximum Gasteiger partial charge on any atom is 0.434 e. The number of carbonyl (C=O) groups is 2. The van der Waals surface area contributed by atoms with Crippen molar-refractivity contribution in [3.05, 3.63) is 57.3 Å². The highest BCUT2D eigenvalue weighted by molar-refractivity contribution is 7.09. The van der Waals surface area contributed by atoms with E-state index in [9.17, 15) is 27.9 Å². The van der Waals surface area contributed by atoms with Crippen LogP contribution in [0.4, 0.5) is 24.8 Å². The number of amides is 1. The molecule has 1 fully saturated rings. The van der Waals surface area contributed by atoms with E-state index in [0.717, 1.165) is 28.9 Å². The molecule has 3 heterocycles. The molecule has 5 rings (SSSR count). The predicted octanol–water partition coefficient (Wildman–Crippen LogP) is 5.05. The molecule has 206 valence electrons. The molecular weight excluding hydrogens is 535 g/mol. The zero-order chi connectivity index (χ0) is 27.8. The Morgan fingerprint density at radius 2 is 1.97 bits per heavy atom. The second-order valence-electron chi connectivity index (χ2n) is 9.67. The van der Waals surface area contributed by atoms with Crippen molar-refractivity contribution in [2.24, 2.45) is 0 Å². The molecule has 1 amide bonds. The van der Waals surface area contributed by atoms with Crippen LogP contribution in [-0.2, 0) is 24.0 Å². The number of carbonyl (C=O) groups excluding carboxylic acids is 1. The van der Waals surface area contributed by atoms with Crippen molar-refractivity contribution in [1.82, 2.24) is 20.3 Å². The fraction of sp³-hybridized carbons (Fsp3) is 0.423. The molecule has 1 aliphatic carbocycles. The summed E-state index contributed by atoms with van der Waals surface area (Å²) in [6.07, 6.45) is -1.39. The van der Waals surface area contributed by atoms with Crippen molar-refractivity contribution in [1.29, 1.82) is 0 Å². The number of aliphatic carboxylic acids is 1. The number of halogens is 3. The lowest BCUT2D eigenvalue weighted by atomic mass is 9.81. The van der Waals surface area contributed by atoms with E-state index in [1.807, 2.05) is 18.4 Å². The topological polar surface area (TPSA) is 118 Å². The monoisotopic (exact) mass is 561 g/mol. The van der Waals surface area contributed by atoms with Gasteiger partial charge in [-0.2, -0.15) is 13.2 Å². The van der Waals surface area contributed by atoms with Crippen LogP contribution >= 0.6 is 11.3 Å². The quantitative estimate of drug-likeness (QED) is 0.412. The molecule has 0 atom stereocenters. The molecule has 1 aromatic carbocycles. The second kappa shape index (κ2) is 10.4. The van der Waals surface area contributed by atoms with Crippen LogP contribution in [0.3, 0.4) is 0 Å². The maximum absolute atomic E-state index is 14.1. The minimum Gasteiger partial charge on any atom is -0.487 e. The highest BCUT2D eigenvalue weighted by Gasteiger charge is 2.44. The first-order valence-electron chi connectivity index (χ1n) is 12.5. The summed E-state index contributed by atoms with van der Waals surface area (Å²) < 4.78 is 48.0. The van der Waals surface area contributed by atoms with E-state index >= 15 is 0 Å². The van der Waals surface area contributed by atoms with Gasteiger partial charge >= 0.3 is 12.1 Å². The van der Waals surface area contributed by atoms with Gasteiger partial charge in [-0.05, 0) is 49.9 Å². The summed E-state index contributed by atoms with van der Waals surface area (Å²) >= 11 is 1.53. The van der Waals surface area contributed by atoms with Gasteiger partial charge in [0.1, 0.15) is 17.9 Å². The first kappa shape index (κ1) is 26.9. The number of aromatic nitrogens is 3. The second-order valence-corrected chi connectivity index (χ2v) is 10.7. The molecule has 3 aromatic rings. The van der Waals surface area contributed by atoms with Gasteiger partial charge in [0.25, 0.3) is 5.91 Å². The SMILES string of the molecule is Cc1nc(COc2ccc3c(c2)CCN3c2ncc(C(=O)NC3(C(=O)O)CCCCC3)c(C(F)(F)F)n2)cs1. The average Bonchev–Trinajstić information content (AvgIpc) is 3.52. The summed E-state index contributed by atoms with van der Waals surface area (Å²) in [6, 6.07) is 5.29. The number of nitrogens with zero attached hydrogens (tertiary/aromatic N) is 4. The normalized spacial score (nSPS) is 16.6. The van der Waals surface area contributed by atoms with E-state index < -0.39 is 34.8 Å². The summed E-state index contributed by atoms with van der Waals surface area (Å²) in [5, 5.41) is 14.9. The van der Waals surface area contributed by atoms with Gasteiger partial charge in [0.15, 0.2) is 5.69 Å². The molecule has 2 N–H and O–H groups in total. The van der Waals surface area contributed by atoms with Crippen molar-refractivity contribution in [2.45, 2.75) is 63.8 Å². The van der Waals surface area contributed by atoms with Gasteiger partial charge in [-0.25, -0.2) is 19.7 Å². The van der Waals surface area contributed by atoms with Crippen molar-refractivity contribution < 1.29 is 32.6 Å². The number of rotatable bonds is 7. The Kier molecular flexibility index (Phi) is 7.19. The van der Waals surface area contributed by atoms with Gasteiger partial charge in [0.2, 0.25) is 5.95 Å². The number of ether oxygens (including phenoxy) is 1. The highest BCUT2D eigenvalue weighted by atomic mass is 32.1. The van der Waals surface area contributed by atoms with E-state index in [2.05, 4.69) is 20.3 Å². The Balaban J connectivity index is 1.38. The van der Waals surface area contributed by atoms with Crippen LogP contribution in [0, 0.1) is 6.92 Å². The largest absolute Gasteiger partial charge is 0.487 e. The Bertz CT molecular complexity index is 1400. The van der Waals surface area contributed by atoms with Gasteiger partial charge in [-0.15, -0.1) is 11.3 Å². The molecule has 1 saturated carbocycles. The molecule has 13 heteroatoms. The third kappa shape index (κ3) is 5.54. The first-order chi connectivity index (χ1) is 18.6. The number of fused-ring (bicyclic) bond motifs is 1. The van der Waals surface area contributed by atoms with Crippen LogP contribution in [0.5, 0.6) is 5.75 Å². The fourth-order valence-electron chi connectivity index (χ4n) is 5.02. The van der Waals surface area contributed by atoms with Crippen LogP contribution in [0.25, 0.3) is 0 Å². The third-order valence-electron chi connectivity index (χ3n) is 7.00. The van der Waals surface area contributed by atoms with Crippen LogP contribution in [-0.4, -0.2) is 44.0 Å². The van der Waals surface area contributed by atoms with Crippen molar-refractivity contribution in [3.8, 4) is 5.75 Å². The number of alkyl halides is 3. The molecule has 2 aromatic heterocycles. The number of hydrogen-bond acceptors (Lipinski definition) is 8. The molecule has 0 unspecified atom stereocenters. The van der Waals surface area contributed by atoms with Gasteiger partial charge in [0.05, 0.1) is 16.3 Å². The van der Waals surface area contributed by atoms with E-state index in [-0.39, 0.29) is 18.8 Å². The standard InChI is InChI=1S/C26H26F3N5O4S/c1-15-31-17(14-39-15)13-38-18-5-6-20-16(11-18)7-10-34(20)24-30-12-19(21(32-24)26(27,28)29)22(35)33-25(23(36)37)8-3-2-4-9-25/h5-6,11-12,14H,2-4,7-10,13H2,1H3,(H,33,35)(H,36,37). The Labute approximate surface area is 226 Å². The Morgan fingerprint density at radius 3 is 2.64 bits per heavy atom. The fourth-order valence-corrected chi connectivity index (χ4v) is 5.62. The molecule has 0 bridgehead atoms. The molecular formula is C26H26F3N5O4S. The number of anilines is 2.